The lowest BCUT2D eigenvalue weighted by molar-refractivity contribution is -0.140. The highest BCUT2D eigenvalue weighted by molar-refractivity contribution is 7.92. The van der Waals surface area contributed by atoms with E-state index in [0.29, 0.717) is 25.1 Å². The van der Waals surface area contributed by atoms with Crippen molar-refractivity contribution >= 4 is 27.5 Å². The van der Waals surface area contributed by atoms with Crippen LogP contribution in [0.1, 0.15) is 56.7 Å². The Labute approximate surface area is 216 Å². The number of hydrogen-bond donors (Lipinski definition) is 1. The van der Waals surface area contributed by atoms with Crippen molar-refractivity contribution in [2.24, 2.45) is 0 Å². The molecule has 0 radical (unpaired) electrons. The number of sulfonamides is 1. The fourth-order valence-electron chi connectivity index (χ4n) is 4.01. The van der Waals surface area contributed by atoms with Crippen LogP contribution in [0.2, 0.25) is 0 Å². The molecule has 0 aromatic heterocycles. The van der Waals surface area contributed by atoms with Crippen LogP contribution in [0.15, 0.2) is 48.5 Å². The lowest BCUT2D eigenvalue weighted by Gasteiger charge is -2.30. The van der Waals surface area contributed by atoms with Crippen molar-refractivity contribution in [2.45, 2.75) is 72.4 Å². The zero-order valence-electron chi connectivity index (χ0n) is 22.5. The molecule has 2 unspecified atom stereocenters. The number of amides is 2. The van der Waals surface area contributed by atoms with Gasteiger partial charge in [-0.1, -0.05) is 49.4 Å². The second-order valence-electron chi connectivity index (χ2n) is 9.55. The van der Waals surface area contributed by atoms with Crippen LogP contribution in [-0.4, -0.2) is 56.6 Å². The third-order valence-electron chi connectivity index (χ3n) is 6.44. The standard InChI is InChI=1S/C28H41N3O4S/c1-7-23(4)29-28(33)24(5)30(19-17-25-12-9-8-10-13-25)27(32)14-11-18-31(36(6,34)35)26-20-21(2)15-16-22(26)3/h8-10,12-13,15-16,20,23-24H,7,11,14,17-19H2,1-6H3,(H,29,33). The quantitative estimate of drug-likeness (QED) is 0.433. The Bertz CT molecular complexity index is 1120. The molecule has 0 spiro atoms. The zero-order chi connectivity index (χ0) is 26.9. The molecule has 2 atom stereocenters. The molecule has 0 saturated carbocycles. The molecule has 0 bridgehead atoms. The van der Waals surface area contributed by atoms with Crippen LogP contribution >= 0.6 is 0 Å². The topological polar surface area (TPSA) is 86.8 Å². The molecule has 198 valence electrons. The van der Waals surface area contributed by atoms with E-state index in [2.05, 4.69) is 5.32 Å². The molecule has 8 heteroatoms. The summed E-state index contributed by atoms with van der Waals surface area (Å²) < 4.78 is 26.5. The summed E-state index contributed by atoms with van der Waals surface area (Å²) >= 11 is 0. The molecular weight excluding hydrogens is 474 g/mol. The molecule has 0 saturated heterocycles. The van der Waals surface area contributed by atoms with E-state index in [-0.39, 0.29) is 30.8 Å². The molecule has 0 aliphatic carbocycles. The fraction of sp³-hybridized carbons (Fsp3) is 0.500. The Hall–Kier alpha value is -2.87. The first-order valence-electron chi connectivity index (χ1n) is 12.6. The van der Waals surface area contributed by atoms with Gasteiger partial charge >= 0.3 is 0 Å². The van der Waals surface area contributed by atoms with Crippen molar-refractivity contribution in [3.63, 3.8) is 0 Å². The predicted molar refractivity (Wildman–Crippen MR) is 147 cm³/mol. The largest absolute Gasteiger partial charge is 0.352 e. The molecule has 0 heterocycles. The fourth-order valence-corrected chi connectivity index (χ4v) is 5.02. The Morgan fingerprint density at radius 2 is 1.67 bits per heavy atom. The van der Waals surface area contributed by atoms with Gasteiger partial charge in [-0.05, 0) is 69.7 Å². The Morgan fingerprint density at radius 3 is 2.28 bits per heavy atom. The summed E-state index contributed by atoms with van der Waals surface area (Å²) in [7, 11) is -3.52. The van der Waals surface area contributed by atoms with Crippen molar-refractivity contribution in [1.82, 2.24) is 10.2 Å². The van der Waals surface area contributed by atoms with Crippen molar-refractivity contribution < 1.29 is 18.0 Å². The number of carbonyl (C=O) groups excluding carboxylic acids is 2. The maximum absolute atomic E-state index is 13.3. The van der Waals surface area contributed by atoms with Gasteiger partial charge in [0, 0.05) is 25.6 Å². The van der Waals surface area contributed by atoms with E-state index in [4.69, 9.17) is 0 Å². The molecule has 36 heavy (non-hydrogen) atoms. The number of aryl methyl sites for hydroxylation is 2. The summed E-state index contributed by atoms with van der Waals surface area (Å²) in [6, 6.07) is 14.9. The summed E-state index contributed by atoms with van der Waals surface area (Å²) in [5.74, 6) is -0.342. The van der Waals surface area contributed by atoms with Gasteiger partial charge in [0.25, 0.3) is 0 Å². The van der Waals surface area contributed by atoms with E-state index in [1.165, 1.54) is 10.6 Å². The number of hydrogen-bond acceptors (Lipinski definition) is 4. The van der Waals surface area contributed by atoms with E-state index < -0.39 is 16.1 Å². The molecule has 0 aliphatic heterocycles. The van der Waals surface area contributed by atoms with Gasteiger partial charge in [-0.3, -0.25) is 13.9 Å². The molecule has 2 rings (SSSR count). The van der Waals surface area contributed by atoms with Gasteiger partial charge in [0.2, 0.25) is 21.8 Å². The van der Waals surface area contributed by atoms with Gasteiger partial charge in [0.15, 0.2) is 0 Å². The number of carbonyl (C=O) groups is 2. The smallest absolute Gasteiger partial charge is 0.242 e. The zero-order valence-corrected chi connectivity index (χ0v) is 23.3. The third kappa shape index (κ3) is 8.66. The number of benzene rings is 2. The van der Waals surface area contributed by atoms with Crippen molar-refractivity contribution in [2.75, 3.05) is 23.7 Å². The van der Waals surface area contributed by atoms with Gasteiger partial charge in [-0.15, -0.1) is 0 Å². The van der Waals surface area contributed by atoms with Gasteiger partial charge in [-0.2, -0.15) is 0 Å². The minimum atomic E-state index is -3.52. The minimum Gasteiger partial charge on any atom is -0.352 e. The normalized spacial score (nSPS) is 13.1. The molecule has 2 amide bonds. The summed E-state index contributed by atoms with van der Waals surface area (Å²) in [5, 5.41) is 2.97. The monoisotopic (exact) mass is 515 g/mol. The highest BCUT2D eigenvalue weighted by Gasteiger charge is 2.27. The molecule has 0 aliphatic rings. The van der Waals surface area contributed by atoms with Crippen LogP contribution in [-0.2, 0) is 26.0 Å². The Kier molecular flexibility index (Phi) is 11.0. The number of nitrogens with zero attached hydrogens (tertiary/aromatic N) is 2. The van der Waals surface area contributed by atoms with Crippen LogP contribution in [0.25, 0.3) is 0 Å². The van der Waals surface area contributed by atoms with Gasteiger partial charge in [0.05, 0.1) is 11.9 Å². The lowest BCUT2D eigenvalue weighted by Crippen LogP contribution is -2.50. The van der Waals surface area contributed by atoms with E-state index in [0.717, 1.165) is 23.1 Å². The van der Waals surface area contributed by atoms with Gasteiger partial charge < -0.3 is 10.2 Å². The van der Waals surface area contributed by atoms with E-state index >= 15 is 0 Å². The maximum atomic E-state index is 13.3. The highest BCUT2D eigenvalue weighted by Crippen LogP contribution is 2.24. The summed E-state index contributed by atoms with van der Waals surface area (Å²) in [6.45, 7) is 10.1. The van der Waals surface area contributed by atoms with Crippen LogP contribution in [0.4, 0.5) is 5.69 Å². The first-order valence-corrected chi connectivity index (χ1v) is 14.5. The predicted octanol–water partition coefficient (Wildman–Crippen LogP) is 4.22. The molecule has 7 nitrogen and oxygen atoms in total. The molecule has 0 fully saturated rings. The third-order valence-corrected chi connectivity index (χ3v) is 7.62. The van der Waals surface area contributed by atoms with Crippen molar-refractivity contribution in [3.8, 4) is 0 Å². The molecule has 2 aromatic carbocycles. The second kappa shape index (κ2) is 13.4. The Morgan fingerprint density at radius 1 is 1.00 bits per heavy atom. The minimum absolute atomic E-state index is 0.0203. The van der Waals surface area contributed by atoms with E-state index in [1.807, 2.05) is 76.2 Å². The van der Waals surface area contributed by atoms with E-state index in [1.54, 1.807) is 11.8 Å². The van der Waals surface area contributed by atoms with Gasteiger partial charge in [0.1, 0.15) is 6.04 Å². The van der Waals surface area contributed by atoms with Crippen molar-refractivity contribution in [3.05, 3.63) is 65.2 Å². The number of nitrogens with one attached hydrogen (secondary N) is 1. The number of anilines is 1. The maximum Gasteiger partial charge on any atom is 0.242 e. The van der Waals surface area contributed by atoms with Crippen LogP contribution in [0.5, 0.6) is 0 Å². The summed E-state index contributed by atoms with van der Waals surface area (Å²) in [5.41, 5.74) is 3.54. The average molecular weight is 516 g/mol. The highest BCUT2D eigenvalue weighted by atomic mass is 32.2. The summed E-state index contributed by atoms with van der Waals surface area (Å²) in [6.07, 6.45) is 3.11. The molecular formula is C28H41N3O4S. The van der Waals surface area contributed by atoms with E-state index in [9.17, 15) is 18.0 Å². The van der Waals surface area contributed by atoms with Crippen LogP contribution in [0.3, 0.4) is 0 Å². The number of rotatable bonds is 13. The average Bonchev–Trinajstić information content (AvgIpc) is 2.83. The molecule has 2 aromatic rings. The van der Waals surface area contributed by atoms with Crippen molar-refractivity contribution in [1.29, 1.82) is 0 Å². The van der Waals surface area contributed by atoms with Crippen LogP contribution in [0, 0.1) is 13.8 Å². The Balaban J connectivity index is 2.15. The SMILES string of the molecule is CCC(C)NC(=O)C(C)N(CCc1ccccc1)C(=O)CCCN(c1cc(C)ccc1C)S(C)(=O)=O. The van der Waals surface area contributed by atoms with Gasteiger partial charge in [-0.25, -0.2) is 8.42 Å². The first kappa shape index (κ1) is 29.4. The first-order chi connectivity index (χ1) is 16.9. The lowest BCUT2D eigenvalue weighted by atomic mass is 10.1. The molecule has 1 N–H and O–H groups in total. The second-order valence-corrected chi connectivity index (χ2v) is 11.5. The summed E-state index contributed by atoms with van der Waals surface area (Å²) in [4.78, 5) is 27.8. The van der Waals surface area contributed by atoms with Crippen LogP contribution < -0.4 is 9.62 Å².